The maximum absolute atomic E-state index is 13.2. The molecule has 2 aromatic carbocycles. The maximum Gasteiger partial charge on any atom is 0.255 e. The van der Waals surface area contributed by atoms with Crippen LogP contribution in [0.5, 0.6) is 11.6 Å². The van der Waals surface area contributed by atoms with Gasteiger partial charge in [0, 0.05) is 42.0 Å². The summed E-state index contributed by atoms with van der Waals surface area (Å²) in [6, 6.07) is 11.4. The molecule has 2 fully saturated rings. The Bertz CT molecular complexity index is 1660. The van der Waals surface area contributed by atoms with E-state index in [9.17, 15) is 9.59 Å². The van der Waals surface area contributed by atoms with Crippen molar-refractivity contribution in [3.63, 3.8) is 0 Å². The van der Waals surface area contributed by atoms with E-state index in [1.54, 1.807) is 12.1 Å². The highest BCUT2D eigenvalue weighted by atomic mass is 35.5. The normalized spacial score (nSPS) is 18.0. The number of carbonyl (C=O) groups is 2. The number of fused-ring (bicyclic) bond motifs is 3. The van der Waals surface area contributed by atoms with Crippen molar-refractivity contribution >= 4 is 39.9 Å². The summed E-state index contributed by atoms with van der Waals surface area (Å²) in [5.41, 5.74) is 8.99. The Morgan fingerprint density at radius 1 is 0.922 bits per heavy atom. The number of likely N-dealkylation sites (tertiary alicyclic amines) is 2. The summed E-state index contributed by atoms with van der Waals surface area (Å²) in [6.07, 6.45) is 7.23. The quantitative estimate of drug-likeness (QED) is 0.179. The van der Waals surface area contributed by atoms with E-state index in [0.717, 1.165) is 80.8 Å². The predicted molar refractivity (Wildman–Crippen MR) is 208 cm³/mol. The molecule has 3 aliphatic rings. The van der Waals surface area contributed by atoms with Gasteiger partial charge in [0.15, 0.2) is 5.78 Å². The number of ether oxygens (including phenoxy) is 2. The van der Waals surface area contributed by atoms with Gasteiger partial charge in [-0.1, -0.05) is 29.8 Å². The van der Waals surface area contributed by atoms with Crippen LogP contribution in [0.15, 0.2) is 36.4 Å². The van der Waals surface area contributed by atoms with Crippen molar-refractivity contribution in [2.24, 2.45) is 11.8 Å². The number of amides is 1. The predicted octanol–water partition coefficient (Wildman–Crippen LogP) is 8.07. The van der Waals surface area contributed by atoms with Crippen LogP contribution >= 0.6 is 11.6 Å². The Kier molecular flexibility index (Phi) is 12.7. The molecule has 1 aromatic heterocycles. The Morgan fingerprint density at radius 2 is 1.53 bits per heavy atom. The Morgan fingerprint density at radius 3 is 2.14 bits per heavy atom. The van der Waals surface area contributed by atoms with Gasteiger partial charge in [0.05, 0.1) is 41.1 Å². The number of nitrogens with two attached hydrogens (primary N) is 1. The number of piperidine rings is 2. The van der Waals surface area contributed by atoms with Gasteiger partial charge in [-0.05, 0) is 130 Å². The summed E-state index contributed by atoms with van der Waals surface area (Å²) in [5.74, 6) is 2.49. The van der Waals surface area contributed by atoms with Gasteiger partial charge >= 0.3 is 0 Å². The number of aryl methyl sites for hydroxylation is 1. The number of halogens is 1. The van der Waals surface area contributed by atoms with Crippen molar-refractivity contribution < 1.29 is 19.1 Å². The molecule has 0 bridgehead atoms. The molecule has 51 heavy (non-hydrogen) atoms. The number of carbonyl (C=O) groups excluding carboxylic acids is 2. The summed E-state index contributed by atoms with van der Waals surface area (Å²) < 4.78 is 13.4. The second kappa shape index (κ2) is 16.6. The summed E-state index contributed by atoms with van der Waals surface area (Å²) in [6.45, 7) is 20.4. The van der Waals surface area contributed by atoms with Crippen LogP contribution in [0.3, 0.4) is 0 Å². The standard InChI is InChI=1S/C23H32N2O2.C18H28ClN3O2/c1-23(2,3)24-14-11-17(12-15-24)9-10-20(26)21-18-7-4-5-8-19(18)25-13-6-16-27-22(21)25;1-18(2,3)22-7-5-12(6-8-22)11-21-17(23)13-9-14(19)15(20)10-16(13)24-4/h4-5,7-8,17H,6,9-16H2,1-3H3;9-10,12H,5-8,11,20H2,1-4H3,(H,21,23). The van der Waals surface area contributed by atoms with Gasteiger partial charge in [0.1, 0.15) is 5.75 Å². The van der Waals surface area contributed by atoms with E-state index >= 15 is 0 Å². The second-order valence-corrected chi connectivity index (χ2v) is 16.9. The van der Waals surface area contributed by atoms with Crippen LogP contribution in [0.2, 0.25) is 5.02 Å². The Hall–Kier alpha value is -3.27. The number of rotatable bonds is 8. The van der Waals surface area contributed by atoms with Gasteiger partial charge in [-0.3, -0.25) is 19.4 Å². The van der Waals surface area contributed by atoms with E-state index in [2.05, 4.69) is 73.4 Å². The molecule has 6 rings (SSSR count). The van der Waals surface area contributed by atoms with Crippen LogP contribution in [0.4, 0.5) is 5.69 Å². The van der Waals surface area contributed by atoms with E-state index in [4.69, 9.17) is 26.8 Å². The van der Waals surface area contributed by atoms with Crippen LogP contribution in [0.25, 0.3) is 10.9 Å². The van der Waals surface area contributed by atoms with E-state index in [-0.39, 0.29) is 22.8 Å². The number of methoxy groups -OCH3 is 1. The minimum absolute atomic E-state index is 0.174. The monoisotopic (exact) mass is 721 g/mol. The molecule has 3 aliphatic heterocycles. The second-order valence-electron chi connectivity index (χ2n) is 16.5. The summed E-state index contributed by atoms with van der Waals surface area (Å²) in [7, 11) is 1.52. The Labute approximate surface area is 310 Å². The number of Topliss-reactive ketones (excluding diaryl/α,β-unsaturated/α-hetero) is 1. The van der Waals surface area contributed by atoms with Gasteiger partial charge in [-0.2, -0.15) is 0 Å². The number of nitrogens with one attached hydrogen (secondary N) is 1. The molecular formula is C41H60ClN5O4. The number of para-hydroxylation sites is 1. The number of nitrogens with zero attached hydrogens (tertiary/aromatic N) is 3. The average molecular weight is 722 g/mol. The smallest absolute Gasteiger partial charge is 0.255 e. The highest BCUT2D eigenvalue weighted by molar-refractivity contribution is 6.33. The zero-order chi connectivity index (χ0) is 36.9. The van der Waals surface area contributed by atoms with Crippen LogP contribution in [-0.4, -0.2) is 83.6 Å². The lowest BCUT2D eigenvalue weighted by Gasteiger charge is -2.41. The molecule has 0 unspecified atom stereocenters. The number of nitrogen functional groups attached to an aromatic ring is 1. The zero-order valence-corrected chi connectivity index (χ0v) is 32.7. The third kappa shape index (κ3) is 9.59. The molecule has 0 atom stereocenters. The van der Waals surface area contributed by atoms with Gasteiger partial charge in [0.25, 0.3) is 5.91 Å². The number of ketones is 1. The van der Waals surface area contributed by atoms with Crippen molar-refractivity contribution in [3.05, 3.63) is 52.5 Å². The number of benzene rings is 2. The van der Waals surface area contributed by atoms with Crippen molar-refractivity contribution in [2.45, 2.75) is 104 Å². The molecule has 0 aliphatic carbocycles. The minimum Gasteiger partial charge on any atom is -0.496 e. The van der Waals surface area contributed by atoms with Crippen LogP contribution in [-0.2, 0) is 6.54 Å². The van der Waals surface area contributed by atoms with Gasteiger partial charge < -0.3 is 25.1 Å². The SMILES string of the molecule is CC(C)(C)N1CCC(CCC(=O)c2c3n(c4ccccc24)CCCO3)CC1.COc1cc(N)c(Cl)cc1C(=O)NCC1CCN(C(C)(C)C)CC1. The third-order valence-corrected chi connectivity index (χ3v) is 11.3. The molecular weight excluding hydrogens is 662 g/mol. The molecule has 0 radical (unpaired) electrons. The molecule has 9 nitrogen and oxygen atoms in total. The van der Waals surface area contributed by atoms with E-state index in [1.165, 1.54) is 20.0 Å². The fourth-order valence-electron chi connectivity index (χ4n) is 7.72. The van der Waals surface area contributed by atoms with Crippen molar-refractivity contribution in [2.75, 3.05) is 52.2 Å². The van der Waals surface area contributed by atoms with Crippen LogP contribution in [0.1, 0.15) is 107 Å². The topological polar surface area (TPSA) is 102 Å². The fourth-order valence-corrected chi connectivity index (χ4v) is 7.88. The van der Waals surface area contributed by atoms with Crippen molar-refractivity contribution in [1.29, 1.82) is 0 Å². The zero-order valence-electron chi connectivity index (χ0n) is 31.9. The van der Waals surface area contributed by atoms with Crippen LogP contribution in [0, 0.1) is 11.8 Å². The first-order chi connectivity index (χ1) is 24.2. The molecule has 3 N–H and O–H groups in total. The number of hydrogen-bond acceptors (Lipinski definition) is 7. The van der Waals surface area contributed by atoms with Gasteiger partial charge in [-0.15, -0.1) is 0 Å². The summed E-state index contributed by atoms with van der Waals surface area (Å²) in [5, 5.41) is 4.42. The highest BCUT2D eigenvalue weighted by Crippen LogP contribution is 2.37. The number of aromatic nitrogens is 1. The van der Waals surface area contributed by atoms with E-state index < -0.39 is 0 Å². The lowest BCUT2D eigenvalue weighted by molar-refractivity contribution is 0.0809. The van der Waals surface area contributed by atoms with E-state index in [1.807, 2.05) is 12.1 Å². The van der Waals surface area contributed by atoms with Gasteiger partial charge in [-0.25, -0.2) is 0 Å². The summed E-state index contributed by atoms with van der Waals surface area (Å²) in [4.78, 5) is 30.7. The van der Waals surface area contributed by atoms with Crippen LogP contribution < -0.4 is 20.5 Å². The van der Waals surface area contributed by atoms with Gasteiger partial charge in [0.2, 0.25) is 5.88 Å². The number of hydrogen-bond donors (Lipinski definition) is 2. The lowest BCUT2D eigenvalue weighted by Crippen LogP contribution is -2.47. The van der Waals surface area contributed by atoms with E-state index in [0.29, 0.717) is 53.4 Å². The largest absolute Gasteiger partial charge is 0.496 e. The first-order valence-corrected chi connectivity index (χ1v) is 19.2. The number of anilines is 1. The Balaban J connectivity index is 0.000000199. The van der Waals surface area contributed by atoms with Crippen molar-refractivity contribution in [3.8, 4) is 11.6 Å². The fraction of sp³-hybridized carbons (Fsp3) is 0.610. The molecule has 0 saturated carbocycles. The first kappa shape index (κ1) is 38.9. The first-order valence-electron chi connectivity index (χ1n) is 18.9. The highest BCUT2D eigenvalue weighted by Gasteiger charge is 2.30. The molecule has 280 valence electrons. The molecule has 10 heteroatoms. The molecule has 3 aromatic rings. The maximum atomic E-state index is 13.2. The van der Waals surface area contributed by atoms with Crippen molar-refractivity contribution in [1.82, 2.24) is 19.7 Å². The lowest BCUT2D eigenvalue weighted by atomic mass is 9.88. The summed E-state index contributed by atoms with van der Waals surface area (Å²) >= 11 is 6.03. The molecule has 2 saturated heterocycles. The molecule has 4 heterocycles. The minimum atomic E-state index is -0.174. The molecule has 0 spiro atoms. The third-order valence-electron chi connectivity index (χ3n) is 11.0. The average Bonchev–Trinajstić information content (AvgIpc) is 3.45. The molecule has 1 amide bonds.